The number of hydrogen-bond donors (Lipinski definition) is 1. The van der Waals surface area contributed by atoms with Gasteiger partial charge >= 0.3 is 0 Å². The smallest absolute Gasteiger partial charge is 0.0797 e. The van der Waals surface area contributed by atoms with E-state index in [0.717, 1.165) is 12.5 Å². The number of aromatic nitrogens is 1. The van der Waals surface area contributed by atoms with Gasteiger partial charge < -0.3 is 5.32 Å². The first-order valence-electron chi connectivity index (χ1n) is 6.75. The van der Waals surface area contributed by atoms with Gasteiger partial charge in [0.25, 0.3) is 0 Å². The summed E-state index contributed by atoms with van der Waals surface area (Å²) in [7, 11) is 0. The van der Waals surface area contributed by atoms with Crippen molar-refractivity contribution >= 4 is 11.3 Å². The maximum atomic E-state index is 4.32. The minimum atomic E-state index is 0.597. The Balaban J connectivity index is 2.36. The highest BCUT2D eigenvalue weighted by Gasteiger charge is 2.10. The summed E-state index contributed by atoms with van der Waals surface area (Å²) in [6.07, 6.45) is 5.10. The zero-order valence-corrected chi connectivity index (χ0v) is 12.4. The fourth-order valence-corrected chi connectivity index (χ4v) is 2.86. The average molecular weight is 254 g/mol. The van der Waals surface area contributed by atoms with Crippen molar-refractivity contribution in [3.05, 3.63) is 16.1 Å². The monoisotopic (exact) mass is 254 g/mol. The number of aryl methyl sites for hydroxylation is 2. The molecule has 0 saturated heterocycles. The summed E-state index contributed by atoms with van der Waals surface area (Å²) < 4.78 is 0. The second-order valence-electron chi connectivity index (χ2n) is 5.12. The molecular formula is C14H26N2S. The minimum absolute atomic E-state index is 0.597. The van der Waals surface area contributed by atoms with Crippen molar-refractivity contribution in [1.82, 2.24) is 10.3 Å². The van der Waals surface area contributed by atoms with Crippen molar-refractivity contribution < 1.29 is 0 Å². The largest absolute Gasteiger partial charge is 0.314 e. The molecule has 98 valence electrons. The van der Waals surface area contributed by atoms with Gasteiger partial charge in [-0.25, -0.2) is 4.98 Å². The molecule has 0 bridgehead atoms. The van der Waals surface area contributed by atoms with E-state index in [1.54, 1.807) is 11.3 Å². The molecule has 17 heavy (non-hydrogen) atoms. The molecule has 0 aliphatic rings. The lowest BCUT2D eigenvalue weighted by Gasteiger charge is -2.18. The lowest BCUT2D eigenvalue weighted by Crippen LogP contribution is -2.29. The Morgan fingerprint density at radius 3 is 2.65 bits per heavy atom. The molecule has 1 unspecified atom stereocenters. The number of thiazole rings is 1. The van der Waals surface area contributed by atoms with Gasteiger partial charge in [-0.2, -0.15) is 0 Å². The molecule has 0 aliphatic carbocycles. The van der Waals surface area contributed by atoms with Gasteiger partial charge in [-0.15, -0.1) is 11.3 Å². The summed E-state index contributed by atoms with van der Waals surface area (Å²) in [5.41, 5.74) is 3.19. The van der Waals surface area contributed by atoms with Crippen molar-refractivity contribution in [3.8, 4) is 0 Å². The van der Waals surface area contributed by atoms with E-state index in [1.807, 2.05) is 5.51 Å². The summed E-state index contributed by atoms with van der Waals surface area (Å²) in [6.45, 7) is 9.99. The van der Waals surface area contributed by atoms with Gasteiger partial charge in [0.15, 0.2) is 0 Å². The number of hydrogen-bond acceptors (Lipinski definition) is 3. The van der Waals surface area contributed by atoms with E-state index >= 15 is 0 Å². The van der Waals surface area contributed by atoms with E-state index in [2.05, 4.69) is 38.0 Å². The van der Waals surface area contributed by atoms with Gasteiger partial charge in [-0.05, 0) is 38.6 Å². The molecule has 3 heteroatoms. The molecule has 1 aromatic heterocycles. The van der Waals surface area contributed by atoms with E-state index in [-0.39, 0.29) is 0 Å². The molecule has 1 heterocycles. The van der Waals surface area contributed by atoms with Crippen LogP contribution >= 0.6 is 11.3 Å². The number of nitrogens with one attached hydrogen (secondary N) is 1. The predicted molar refractivity (Wildman–Crippen MR) is 76.7 cm³/mol. The normalized spacial score (nSPS) is 13.2. The fraction of sp³-hybridized carbons (Fsp3) is 0.786. The van der Waals surface area contributed by atoms with Crippen molar-refractivity contribution in [2.75, 3.05) is 6.54 Å². The summed E-state index contributed by atoms with van der Waals surface area (Å²) >= 11 is 1.80. The van der Waals surface area contributed by atoms with Crippen LogP contribution in [0.25, 0.3) is 0 Å². The van der Waals surface area contributed by atoms with E-state index in [9.17, 15) is 0 Å². The highest BCUT2D eigenvalue weighted by Crippen LogP contribution is 2.19. The zero-order valence-electron chi connectivity index (χ0n) is 11.6. The van der Waals surface area contributed by atoms with Gasteiger partial charge in [0, 0.05) is 10.9 Å². The van der Waals surface area contributed by atoms with Gasteiger partial charge in [0.05, 0.1) is 11.2 Å². The first-order valence-corrected chi connectivity index (χ1v) is 7.63. The first kappa shape index (κ1) is 14.7. The summed E-state index contributed by atoms with van der Waals surface area (Å²) in [4.78, 5) is 5.79. The molecule has 0 fully saturated rings. The Morgan fingerprint density at radius 2 is 2.12 bits per heavy atom. The van der Waals surface area contributed by atoms with Crippen LogP contribution in [0.2, 0.25) is 0 Å². The third-order valence-electron chi connectivity index (χ3n) is 3.14. The lowest BCUT2D eigenvalue weighted by molar-refractivity contribution is 0.398. The van der Waals surface area contributed by atoms with Crippen LogP contribution in [0.4, 0.5) is 0 Å². The number of rotatable bonds is 8. The van der Waals surface area contributed by atoms with E-state index in [1.165, 1.54) is 36.3 Å². The highest BCUT2D eigenvalue weighted by atomic mass is 32.1. The van der Waals surface area contributed by atoms with Gasteiger partial charge in [0.2, 0.25) is 0 Å². The van der Waals surface area contributed by atoms with Crippen LogP contribution in [0.5, 0.6) is 0 Å². The Bertz CT molecular complexity index is 307. The van der Waals surface area contributed by atoms with Crippen LogP contribution in [0.15, 0.2) is 5.51 Å². The molecule has 0 spiro atoms. The van der Waals surface area contributed by atoms with Crippen LogP contribution in [-0.2, 0) is 6.42 Å². The van der Waals surface area contributed by atoms with Gasteiger partial charge in [-0.1, -0.05) is 27.2 Å². The van der Waals surface area contributed by atoms with Crippen LogP contribution < -0.4 is 5.32 Å². The molecule has 0 amide bonds. The molecule has 2 nitrogen and oxygen atoms in total. The highest BCUT2D eigenvalue weighted by molar-refractivity contribution is 7.09. The molecule has 1 aromatic rings. The molecular weight excluding hydrogens is 228 g/mol. The van der Waals surface area contributed by atoms with Crippen molar-refractivity contribution in [2.45, 2.75) is 59.4 Å². The van der Waals surface area contributed by atoms with Crippen molar-refractivity contribution in [1.29, 1.82) is 0 Å². The summed E-state index contributed by atoms with van der Waals surface area (Å²) in [5, 5.41) is 3.56. The lowest BCUT2D eigenvalue weighted by atomic mass is 9.97. The second kappa shape index (κ2) is 7.83. The maximum absolute atomic E-state index is 4.32. The SMILES string of the molecule is CCCC(CCc1scnc1C)CNC(C)C. The van der Waals surface area contributed by atoms with Crippen LogP contribution in [0.3, 0.4) is 0 Å². The minimum Gasteiger partial charge on any atom is -0.314 e. The topological polar surface area (TPSA) is 24.9 Å². The van der Waals surface area contributed by atoms with Crippen molar-refractivity contribution in [3.63, 3.8) is 0 Å². The molecule has 0 radical (unpaired) electrons. The Hall–Kier alpha value is -0.410. The number of nitrogens with zero attached hydrogens (tertiary/aromatic N) is 1. The van der Waals surface area contributed by atoms with Crippen LogP contribution in [0.1, 0.15) is 50.6 Å². The molecule has 1 atom stereocenters. The summed E-state index contributed by atoms with van der Waals surface area (Å²) in [5.74, 6) is 0.809. The van der Waals surface area contributed by atoms with Crippen LogP contribution in [0, 0.1) is 12.8 Å². The van der Waals surface area contributed by atoms with E-state index in [4.69, 9.17) is 0 Å². The average Bonchev–Trinajstić information content (AvgIpc) is 2.68. The molecule has 1 rings (SSSR count). The fourth-order valence-electron chi connectivity index (χ4n) is 2.06. The van der Waals surface area contributed by atoms with E-state index < -0.39 is 0 Å². The Labute approximate surface area is 110 Å². The third-order valence-corrected chi connectivity index (χ3v) is 4.13. The van der Waals surface area contributed by atoms with Crippen molar-refractivity contribution in [2.24, 2.45) is 5.92 Å². The van der Waals surface area contributed by atoms with Gasteiger partial charge in [-0.3, -0.25) is 0 Å². The van der Waals surface area contributed by atoms with Crippen LogP contribution in [-0.4, -0.2) is 17.6 Å². The molecule has 0 aliphatic heterocycles. The Morgan fingerprint density at radius 1 is 1.35 bits per heavy atom. The molecule has 1 N–H and O–H groups in total. The molecule has 0 saturated carbocycles. The Kier molecular flexibility index (Phi) is 6.75. The van der Waals surface area contributed by atoms with E-state index in [0.29, 0.717) is 6.04 Å². The predicted octanol–water partition coefficient (Wildman–Crippen LogP) is 3.80. The quantitative estimate of drug-likeness (QED) is 0.763. The van der Waals surface area contributed by atoms with Gasteiger partial charge in [0.1, 0.15) is 0 Å². The second-order valence-corrected chi connectivity index (χ2v) is 6.06. The zero-order chi connectivity index (χ0) is 12.7. The standard InChI is InChI=1S/C14H26N2S/c1-5-6-13(9-15-11(2)3)7-8-14-12(4)16-10-17-14/h10-11,13,15H,5-9H2,1-4H3. The maximum Gasteiger partial charge on any atom is 0.0797 e. The molecule has 0 aromatic carbocycles. The third kappa shape index (κ3) is 5.64. The first-order chi connectivity index (χ1) is 8.13. The summed E-state index contributed by atoms with van der Waals surface area (Å²) in [6, 6.07) is 0.597.